The van der Waals surface area contributed by atoms with Crippen molar-refractivity contribution < 1.29 is 13.2 Å². The Morgan fingerprint density at radius 2 is 1.67 bits per heavy atom. The molecule has 0 aromatic heterocycles. The van der Waals surface area contributed by atoms with Crippen LogP contribution in [0.1, 0.15) is 12.0 Å². The quantitative estimate of drug-likeness (QED) is 0.497. The third-order valence-electron chi connectivity index (χ3n) is 1.27. The summed E-state index contributed by atoms with van der Waals surface area (Å²) in [7, 11) is 0. The van der Waals surface area contributed by atoms with Crippen LogP contribution in [-0.4, -0.2) is 0 Å². The lowest BCUT2D eigenvalue weighted by atomic mass is 10.2. The average molecular weight is 398 g/mol. The molecule has 0 spiro atoms. The molecule has 1 aromatic rings. The molecule has 0 unspecified atom stereocenters. The fourth-order valence-electron chi connectivity index (χ4n) is 0.705. The first-order valence-corrected chi connectivity index (χ1v) is 5.10. The van der Waals surface area contributed by atoms with Crippen LogP contribution < -0.4 is 0 Å². The van der Waals surface area contributed by atoms with Gasteiger partial charge in [0.2, 0.25) is 0 Å². The molecule has 0 aliphatic heterocycles. The molecule has 0 aliphatic carbocycles. The molecule has 0 fully saturated rings. The van der Waals surface area contributed by atoms with E-state index in [9.17, 15) is 13.2 Å². The van der Waals surface area contributed by atoms with E-state index in [1.54, 1.807) is 45.2 Å². The van der Waals surface area contributed by atoms with E-state index in [1.165, 1.54) is 6.07 Å². The Hall–Kier alpha value is 0.470. The van der Waals surface area contributed by atoms with Gasteiger partial charge in [0.05, 0.1) is 0 Å². The number of hydrogen-bond donors (Lipinski definition) is 0. The minimum Gasteiger partial charge on any atom is -0.206 e. The first-order valence-electron chi connectivity index (χ1n) is 2.95. The Morgan fingerprint density at radius 1 is 1.08 bits per heavy atom. The second kappa shape index (κ2) is 4.12. The van der Waals surface area contributed by atoms with E-state index in [1.807, 2.05) is 0 Å². The summed E-state index contributed by atoms with van der Waals surface area (Å²) in [5, 5.41) is 0. The number of benzene rings is 1. The number of rotatable bonds is 1. The second-order valence-corrected chi connectivity index (χ2v) is 4.41. The Labute approximate surface area is 94.8 Å². The van der Waals surface area contributed by atoms with Crippen LogP contribution in [0.2, 0.25) is 0 Å². The van der Waals surface area contributed by atoms with Crippen molar-refractivity contribution in [2.75, 3.05) is 0 Å². The summed E-state index contributed by atoms with van der Waals surface area (Å²) in [5.74, 6) is -0.454. The highest BCUT2D eigenvalue weighted by molar-refractivity contribution is 14.1. The highest BCUT2D eigenvalue weighted by Crippen LogP contribution is 2.27. The molecule has 0 radical (unpaired) electrons. The van der Waals surface area contributed by atoms with Crippen molar-refractivity contribution in [1.29, 1.82) is 0 Å². The number of halogens is 5. The maximum absolute atomic E-state index is 12.8. The molecule has 0 saturated carbocycles. The minimum atomic E-state index is -2.54. The molecular weight excluding hydrogens is 395 g/mol. The molecule has 12 heavy (non-hydrogen) atoms. The molecule has 0 amide bonds. The monoisotopic (exact) mass is 398 g/mol. The first kappa shape index (κ1) is 10.6. The van der Waals surface area contributed by atoms with Crippen LogP contribution in [-0.2, 0) is 0 Å². The van der Waals surface area contributed by atoms with E-state index in [0.717, 1.165) is 6.07 Å². The molecule has 0 nitrogen and oxygen atoms in total. The molecule has 0 N–H and O–H groups in total. The molecule has 0 heterocycles. The van der Waals surface area contributed by atoms with Gasteiger partial charge in [-0.05, 0) is 57.3 Å². The molecule has 0 bridgehead atoms. The van der Waals surface area contributed by atoms with Crippen molar-refractivity contribution in [1.82, 2.24) is 0 Å². The van der Waals surface area contributed by atoms with Crippen LogP contribution in [0.25, 0.3) is 0 Å². The molecule has 1 rings (SSSR count). The fourth-order valence-corrected chi connectivity index (χ4v) is 1.86. The van der Waals surface area contributed by atoms with E-state index in [2.05, 4.69) is 0 Å². The molecule has 66 valence electrons. The van der Waals surface area contributed by atoms with Gasteiger partial charge in [0.15, 0.2) is 0 Å². The third kappa shape index (κ3) is 2.24. The van der Waals surface area contributed by atoms with Gasteiger partial charge in [0.25, 0.3) is 6.43 Å². The zero-order valence-corrected chi connectivity index (χ0v) is 9.94. The molecule has 0 atom stereocenters. The SMILES string of the molecule is Fc1cc(I)c(C(F)F)cc1I. The topological polar surface area (TPSA) is 0 Å². The lowest BCUT2D eigenvalue weighted by Crippen LogP contribution is -1.93. The van der Waals surface area contributed by atoms with Crippen LogP contribution >= 0.6 is 45.2 Å². The van der Waals surface area contributed by atoms with Crippen LogP contribution in [0.15, 0.2) is 12.1 Å². The normalized spacial score (nSPS) is 10.8. The van der Waals surface area contributed by atoms with E-state index in [-0.39, 0.29) is 12.7 Å². The van der Waals surface area contributed by atoms with Crippen LogP contribution in [0, 0.1) is 13.0 Å². The zero-order chi connectivity index (χ0) is 9.30. The number of hydrogen-bond acceptors (Lipinski definition) is 0. The van der Waals surface area contributed by atoms with Crippen molar-refractivity contribution in [3.05, 3.63) is 30.7 Å². The van der Waals surface area contributed by atoms with Crippen LogP contribution in [0.3, 0.4) is 0 Å². The smallest absolute Gasteiger partial charge is 0.206 e. The molecular formula is C7H3F3I2. The van der Waals surface area contributed by atoms with E-state index < -0.39 is 12.2 Å². The summed E-state index contributed by atoms with van der Waals surface area (Å²) in [6, 6.07) is 2.28. The summed E-state index contributed by atoms with van der Waals surface area (Å²) < 4.78 is 37.7. The van der Waals surface area contributed by atoms with Crippen molar-refractivity contribution in [2.24, 2.45) is 0 Å². The summed E-state index contributed by atoms with van der Waals surface area (Å²) in [6.45, 7) is 0. The average Bonchev–Trinajstić information content (AvgIpc) is 1.96. The highest BCUT2D eigenvalue weighted by atomic mass is 127. The van der Waals surface area contributed by atoms with Gasteiger partial charge in [-0.15, -0.1) is 0 Å². The lowest BCUT2D eigenvalue weighted by molar-refractivity contribution is 0.150. The van der Waals surface area contributed by atoms with Gasteiger partial charge in [0.1, 0.15) is 5.82 Å². The van der Waals surface area contributed by atoms with Gasteiger partial charge in [-0.25, -0.2) is 13.2 Å². The Bertz CT molecular complexity index is 299. The fraction of sp³-hybridized carbons (Fsp3) is 0.143. The van der Waals surface area contributed by atoms with Crippen molar-refractivity contribution >= 4 is 45.2 Å². The minimum absolute atomic E-state index is 0.110. The van der Waals surface area contributed by atoms with Gasteiger partial charge in [-0.2, -0.15) is 0 Å². The first-order chi connectivity index (χ1) is 5.52. The summed E-state index contributed by atoms with van der Waals surface area (Å²) in [6.07, 6.45) is -2.54. The Balaban J connectivity index is 3.23. The third-order valence-corrected chi connectivity index (χ3v) is 3.04. The van der Waals surface area contributed by atoms with Crippen molar-refractivity contribution in [2.45, 2.75) is 6.43 Å². The maximum atomic E-state index is 12.8. The van der Waals surface area contributed by atoms with Crippen LogP contribution in [0.4, 0.5) is 13.2 Å². The summed E-state index contributed by atoms with van der Waals surface area (Å²) in [4.78, 5) is 0. The van der Waals surface area contributed by atoms with E-state index in [0.29, 0.717) is 0 Å². The molecule has 0 aliphatic rings. The highest BCUT2D eigenvalue weighted by Gasteiger charge is 2.13. The molecule has 0 saturated heterocycles. The van der Waals surface area contributed by atoms with Gasteiger partial charge >= 0.3 is 0 Å². The van der Waals surface area contributed by atoms with Gasteiger partial charge < -0.3 is 0 Å². The summed E-state index contributed by atoms with van der Waals surface area (Å²) in [5.41, 5.74) is -0.110. The Morgan fingerprint density at radius 3 is 2.17 bits per heavy atom. The predicted octanol–water partition coefficient (Wildman–Crippen LogP) is 3.97. The largest absolute Gasteiger partial charge is 0.264 e. The van der Waals surface area contributed by atoms with Crippen molar-refractivity contribution in [3.63, 3.8) is 0 Å². The predicted molar refractivity (Wildman–Crippen MR) is 56.8 cm³/mol. The molecule has 1 aromatic carbocycles. The second-order valence-electron chi connectivity index (χ2n) is 2.09. The number of alkyl halides is 2. The standard InChI is InChI=1S/C7H3F3I2/c8-4-2-5(11)3(7(9)10)1-6(4)12/h1-2,7H. The van der Waals surface area contributed by atoms with E-state index in [4.69, 9.17) is 0 Å². The van der Waals surface area contributed by atoms with Gasteiger partial charge in [-0.1, -0.05) is 0 Å². The van der Waals surface area contributed by atoms with Crippen LogP contribution in [0.5, 0.6) is 0 Å². The lowest BCUT2D eigenvalue weighted by Gasteiger charge is -2.04. The zero-order valence-electron chi connectivity index (χ0n) is 5.62. The van der Waals surface area contributed by atoms with E-state index >= 15 is 0 Å². The Kier molecular flexibility index (Phi) is 3.62. The summed E-state index contributed by atoms with van der Waals surface area (Å²) >= 11 is 3.38. The molecule has 5 heteroatoms. The van der Waals surface area contributed by atoms with Gasteiger partial charge in [-0.3, -0.25) is 0 Å². The van der Waals surface area contributed by atoms with Crippen molar-refractivity contribution in [3.8, 4) is 0 Å². The maximum Gasteiger partial charge on any atom is 0.264 e. The van der Waals surface area contributed by atoms with Gasteiger partial charge in [0, 0.05) is 12.7 Å².